The summed E-state index contributed by atoms with van der Waals surface area (Å²) in [4.78, 5) is 23.6. The lowest BCUT2D eigenvalue weighted by Crippen LogP contribution is -2.40. The SMILES string of the molecule is CC[C@@H](C)C(=O)Nc1ccc(Oc2c(C)c(C(=O)O)nn2CC)c(S(=O)(=O)NC(C)(C)C)c1. The quantitative estimate of drug-likeness (QED) is 0.496. The van der Waals surface area contributed by atoms with Crippen molar-refractivity contribution in [3.63, 3.8) is 0 Å². The second-order valence-corrected chi connectivity index (χ2v) is 10.5. The average molecular weight is 481 g/mol. The maximum atomic E-state index is 13.2. The monoisotopic (exact) mass is 480 g/mol. The van der Waals surface area contributed by atoms with E-state index in [0.29, 0.717) is 18.7 Å². The van der Waals surface area contributed by atoms with Crippen molar-refractivity contribution in [3.05, 3.63) is 29.5 Å². The Bertz CT molecular complexity index is 1150. The van der Waals surface area contributed by atoms with Crippen LogP contribution >= 0.6 is 0 Å². The van der Waals surface area contributed by atoms with Crippen molar-refractivity contribution in [1.29, 1.82) is 0 Å². The van der Waals surface area contributed by atoms with Crippen LogP contribution < -0.4 is 14.8 Å². The number of carboxylic acid groups (broad SMARTS) is 1. The number of sulfonamides is 1. The Kier molecular flexibility index (Phi) is 7.91. The lowest BCUT2D eigenvalue weighted by molar-refractivity contribution is -0.119. The second kappa shape index (κ2) is 9.92. The number of hydrogen-bond donors (Lipinski definition) is 3. The molecule has 0 radical (unpaired) electrons. The fraction of sp³-hybridized carbons (Fsp3) is 0.500. The van der Waals surface area contributed by atoms with Crippen molar-refractivity contribution >= 4 is 27.6 Å². The second-order valence-electron chi connectivity index (χ2n) is 8.82. The van der Waals surface area contributed by atoms with E-state index in [1.807, 2.05) is 6.92 Å². The standard InChI is InChI=1S/C22H32N4O6S/c1-8-13(3)19(27)23-15-10-11-16(17(12-15)33(30,31)25-22(5,6)7)32-20-14(4)18(21(28)29)24-26(20)9-2/h10-13,25H,8-9H2,1-7H3,(H,23,27)(H,28,29)/t13-/m1/s1. The van der Waals surface area contributed by atoms with Crippen LogP contribution in [0.3, 0.4) is 0 Å². The molecule has 2 aromatic rings. The summed E-state index contributed by atoms with van der Waals surface area (Å²) in [5.41, 5.74) is -0.384. The number of aromatic carboxylic acids is 1. The van der Waals surface area contributed by atoms with Gasteiger partial charge in [-0.2, -0.15) is 5.10 Å². The highest BCUT2D eigenvalue weighted by molar-refractivity contribution is 7.89. The van der Waals surface area contributed by atoms with Gasteiger partial charge in [0, 0.05) is 29.3 Å². The molecule has 1 aromatic carbocycles. The first-order valence-corrected chi connectivity index (χ1v) is 12.2. The minimum Gasteiger partial charge on any atom is -0.476 e. The van der Waals surface area contributed by atoms with Crippen LogP contribution in [0.2, 0.25) is 0 Å². The number of aromatic nitrogens is 2. The van der Waals surface area contributed by atoms with Gasteiger partial charge >= 0.3 is 5.97 Å². The van der Waals surface area contributed by atoms with Crippen LogP contribution in [-0.2, 0) is 21.4 Å². The Morgan fingerprint density at radius 2 is 1.88 bits per heavy atom. The summed E-state index contributed by atoms with van der Waals surface area (Å²) >= 11 is 0. The predicted octanol–water partition coefficient (Wildman–Crippen LogP) is 3.76. The third-order valence-corrected chi connectivity index (χ3v) is 6.62. The fourth-order valence-corrected chi connectivity index (χ4v) is 4.55. The lowest BCUT2D eigenvalue weighted by Gasteiger charge is -2.22. The molecule has 1 heterocycles. The number of rotatable bonds is 9. The molecule has 0 unspecified atom stereocenters. The van der Waals surface area contributed by atoms with E-state index in [1.165, 1.54) is 22.9 Å². The Hall–Kier alpha value is -2.92. The molecule has 1 atom stereocenters. The highest BCUT2D eigenvalue weighted by atomic mass is 32.2. The summed E-state index contributed by atoms with van der Waals surface area (Å²) in [7, 11) is -4.07. The van der Waals surface area contributed by atoms with Crippen LogP contribution in [0.1, 0.15) is 64.0 Å². The van der Waals surface area contributed by atoms with E-state index in [-0.39, 0.29) is 39.6 Å². The number of aryl methyl sites for hydroxylation is 1. The van der Waals surface area contributed by atoms with Gasteiger partial charge in [0.1, 0.15) is 10.6 Å². The Labute approximate surface area is 194 Å². The van der Waals surface area contributed by atoms with Gasteiger partial charge < -0.3 is 15.2 Å². The summed E-state index contributed by atoms with van der Waals surface area (Å²) in [5, 5.41) is 16.1. The summed E-state index contributed by atoms with van der Waals surface area (Å²) in [6.45, 7) is 12.4. The van der Waals surface area contributed by atoms with E-state index >= 15 is 0 Å². The molecular weight excluding hydrogens is 448 g/mol. The van der Waals surface area contributed by atoms with Gasteiger partial charge in [0.15, 0.2) is 5.69 Å². The van der Waals surface area contributed by atoms with E-state index in [9.17, 15) is 23.1 Å². The van der Waals surface area contributed by atoms with Gasteiger partial charge in [-0.05, 0) is 59.2 Å². The normalized spacial score (nSPS) is 12.9. The summed E-state index contributed by atoms with van der Waals surface area (Å²) in [6, 6.07) is 4.28. The number of carbonyl (C=O) groups is 2. The molecular formula is C22H32N4O6S. The van der Waals surface area contributed by atoms with Crippen molar-refractivity contribution in [2.24, 2.45) is 5.92 Å². The number of hydrogen-bond acceptors (Lipinski definition) is 6. The van der Waals surface area contributed by atoms with Crippen molar-refractivity contribution < 1.29 is 27.9 Å². The minimum atomic E-state index is -4.07. The van der Waals surface area contributed by atoms with E-state index < -0.39 is 21.5 Å². The number of nitrogens with zero attached hydrogens (tertiary/aromatic N) is 2. The Morgan fingerprint density at radius 1 is 1.24 bits per heavy atom. The molecule has 0 aliphatic carbocycles. The first-order valence-electron chi connectivity index (χ1n) is 10.7. The highest BCUT2D eigenvalue weighted by Crippen LogP contribution is 2.34. The van der Waals surface area contributed by atoms with Gasteiger partial charge in [-0.3, -0.25) is 4.79 Å². The zero-order valence-corrected chi connectivity index (χ0v) is 20.8. The van der Waals surface area contributed by atoms with Crippen LogP contribution in [-0.4, -0.2) is 40.7 Å². The first kappa shape index (κ1) is 26.3. The number of amides is 1. The summed E-state index contributed by atoms with van der Waals surface area (Å²) < 4.78 is 36.3. The van der Waals surface area contributed by atoms with Crippen LogP contribution in [0.5, 0.6) is 11.6 Å². The number of carbonyl (C=O) groups excluding carboxylic acids is 1. The van der Waals surface area contributed by atoms with Crippen LogP contribution in [0.15, 0.2) is 23.1 Å². The zero-order valence-electron chi connectivity index (χ0n) is 20.0. The lowest BCUT2D eigenvalue weighted by atomic mass is 10.1. The molecule has 3 N–H and O–H groups in total. The van der Waals surface area contributed by atoms with Gasteiger partial charge in [0.25, 0.3) is 0 Å². The average Bonchev–Trinajstić information content (AvgIpc) is 3.02. The molecule has 0 aliphatic heterocycles. The number of anilines is 1. The van der Waals surface area contributed by atoms with Crippen molar-refractivity contribution in [2.75, 3.05) is 5.32 Å². The van der Waals surface area contributed by atoms with E-state index in [1.54, 1.807) is 41.5 Å². The molecule has 182 valence electrons. The molecule has 2 rings (SSSR count). The molecule has 1 amide bonds. The zero-order chi connectivity index (χ0) is 25.1. The van der Waals surface area contributed by atoms with Crippen molar-refractivity contribution in [3.8, 4) is 11.6 Å². The van der Waals surface area contributed by atoms with Crippen LogP contribution in [0.4, 0.5) is 5.69 Å². The van der Waals surface area contributed by atoms with E-state index in [2.05, 4.69) is 15.1 Å². The van der Waals surface area contributed by atoms with Gasteiger partial charge in [0.2, 0.25) is 21.8 Å². The molecule has 0 aliphatic rings. The predicted molar refractivity (Wildman–Crippen MR) is 124 cm³/mol. The van der Waals surface area contributed by atoms with Gasteiger partial charge in [-0.1, -0.05) is 13.8 Å². The molecule has 0 bridgehead atoms. The largest absolute Gasteiger partial charge is 0.476 e. The molecule has 0 fully saturated rings. The summed E-state index contributed by atoms with van der Waals surface area (Å²) in [5.74, 6) is -1.59. The Balaban J connectivity index is 2.61. The molecule has 0 saturated carbocycles. The van der Waals surface area contributed by atoms with Crippen molar-refractivity contribution in [1.82, 2.24) is 14.5 Å². The molecule has 0 spiro atoms. The van der Waals surface area contributed by atoms with Crippen LogP contribution in [0.25, 0.3) is 0 Å². The van der Waals surface area contributed by atoms with E-state index in [0.717, 1.165) is 0 Å². The first-order chi connectivity index (χ1) is 15.2. The summed E-state index contributed by atoms with van der Waals surface area (Å²) in [6.07, 6.45) is 0.635. The molecule has 11 heteroatoms. The van der Waals surface area contributed by atoms with Gasteiger partial charge in [-0.25, -0.2) is 22.6 Å². The van der Waals surface area contributed by atoms with Crippen molar-refractivity contribution in [2.45, 2.75) is 71.9 Å². The third kappa shape index (κ3) is 6.32. The molecule has 10 nitrogen and oxygen atoms in total. The number of benzene rings is 1. The number of ether oxygens (including phenoxy) is 1. The highest BCUT2D eigenvalue weighted by Gasteiger charge is 2.28. The molecule has 33 heavy (non-hydrogen) atoms. The topological polar surface area (TPSA) is 140 Å². The number of carboxylic acids is 1. The maximum absolute atomic E-state index is 13.2. The van der Waals surface area contributed by atoms with Crippen LogP contribution in [0, 0.1) is 12.8 Å². The minimum absolute atomic E-state index is 0.0251. The maximum Gasteiger partial charge on any atom is 0.356 e. The third-order valence-electron chi connectivity index (χ3n) is 4.84. The van der Waals surface area contributed by atoms with E-state index in [4.69, 9.17) is 4.74 Å². The fourth-order valence-electron chi connectivity index (χ4n) is 2.98. The number of nitrogens with one attached hydrogen (secondary N) is 2. The molecule has 0 saturated heterocycles. The smallest absolute Gasteiger partial charge is 0.356 e. The Morgan fingerprint density at radius 3 is 2.39 bits per heavy atom. The van der Waals surface area contributed by atoms with Gasteiger partial charge in [0.05, 0.1) is 0 Å². The van der Waals surface area contributed by atoms with Gasteiger partial charge in [-0.15, -0.1) is 0 Å². The molecule has 1 aromatic heterocycles.